The second-order valence-electron chi connectivity index (χ2n) is 4.35. The molecule has 0 aliphatic rings. The molecule has 0 saturated carbocycles. The summed E-state index contributed by atoms with van der Waals surface area (Å²) in [7, 11) is 3.07. The van der Waals surface area contributed by atoms with Gasteiger partial charge in [-0.25, -0.2) is 0 Å². The predicted octanol–water partition coefficient (Wildman–Crippen LogP) is 2.24. The van der Waals surface area contributed by atoms with E-state index in [0.29, 0.717) is 23.5 Å². The van der Waals surface area contributed by atoms with Crippen molar-refractivity contribution in [3.8, 4) is 23.8 Å². The van der Waals surface area contributed by atoms with Crippen LogP contribution in [-0.2, 0) is 0 Å². The SMILES string of the molecule is C#CC(C)(CC)NC(=O)c1ccc(OC)c(OC)c1. The molecule has 1 aromatic rings. The molecular formula is C15H19NO3. The van der Waals surface area contributed by atoms with E-state index in [4.69, 9.17) is 15.9 Å². The van der Waals surface area contributed by atoms with Gasteiger partial charge in [0.25, 0.3) is 5.91 Å². The van der Waals surface area contributed by atoms with Crippen molar-refractivity contribution < 1.29 is 14.3 Å². The van der Waals surface area contributed by atoms with Crippen molar-refractivity contribution in [2.75, 3.05) is 14.2 Å². The molecule has 0 saturated heterocycles. The molecule has 0 aromatic heterocycles. The van der Waals surface area contributed by atoms with Gasteiger partial charge in [-0.2, -0.15) is 0 Å². The maximum Gasteiger partial charge on any atom is 0.252 e. The van der Waals surface area contributed by atoms with Crippen molar-refractivity contribution >= 4 is 5.91 Å². The number of benzene rings is 1. The average Bonchev–Trinajstić information content (AvgIpc) is 2.46. The first kappa shape index (κ1) is 14.9. The number of carbonyl (C=O) groups is 1. The summed E-state index contributed by atoms with van der Waals surface area (Å²) in [4.78, 5) is 12.1. The third kappa shape index (κ3) is 3.41. The van der Waals surface area contributed by atoms with Crippen LogP contribution in [-0.4, -0.2) is 25.7 Å². The Morgan fingerprint density at radius 1 is 1.37 bits per heavy atom. The van der Waals surface area contributed by atoms with E-state index in [1.54, 1.807) is 25.3 Å². The van der Waals surface area contributed by atoms with Gasteiger partial charge < -0.3 is 14.8 Å². The Labute approximate surface area is 114 Å². The lowest BCUT2D eigenvalue weighted by Gasteiger charge is -2.23. The van der Waals surface area contributed by atoms with Gasteiger partial charge in [0.05, 0.1) is 19.8 Å². The molecule has 1 N–H and O–H groups in total. The molecule has 0 heterocycles. The Morgan fingerprint density at radius 3 is 2.47 bits per heavy atom. The summed E-state index contributed by atoms with van der Waals surface area (Å²) in [6, 6.07) is 4.98. The largest absolute Gasteiger partial charge is 0.493 e. The monoisotopic (exact) mass is 261 g/mol. The van der Waals surface area contributed by atoms with Crippen LogP contribution < -0.4 is 14.8 Å². The Hall–Kier alpha value is -2.15. The predicted molar refractivity (Wildman–Crippen MR) is 74.5 cm³/mol. The molecule has 0 radical (unpaired) electrons. The number of hydrogen-bond acceptors (Lipinski definition) is 3. The minimum absolute atomic E-state index is 0.233. The Kier molecular flexibility index (Phi) is 4.82. The fourth-order valence-corrected chi connectivity index (χ4v) is 1.53. The summed E-state index contributed by atoms with van der Waals surface area (Å²) in [5.74, 6) is 3.45. The summed E-state index contributed by atoms with van der Waals surface area (Å²) in [5.41, 5.74) is -0.169. The number of carbonyl (C=O) groups excluding carboxylic acids is 1. The maximum absolute atomic E-state index is 12.1. The van der Waals surface area contributed by atoms with Crippen molar-refractivity contribution in [2.24, 2.45) is 0 Å². The maximum atomic E-state index is 12.1. The molecule has 1 atom stereocenters. The van der Waals surface area contributed by atoms with Crippen LogP contribution in [0.4, 0.5) is 0 Å². The van der Waals surface area contributed by atoms with Crippen molar-refractivity contribution in [3.63, 3.8) is 0 Å². The van der Waals surface area contributed by atoms with Crippen LogP contribution >= 0.6 is 0 Å². The summed E-state index contributed by atoms with van der Waals surface area (Å²) in [5, 5.41) is 2.83. The Bertz CT molecular complexity index is 505. The molecule has 1 amide bonds. The summed E-state index contributed by atoms with van der Waals surface area (Å²) >= 11 is 0. The van der Waals surface area contributed by atoms with Crippen LogP contribution in [0.25, 0.3) is 0 Å². The first-order chi connectivity index (χ1) is 8.99. The van der Waals surface area contributed by atoms with Gasteiger partial charge in [0, 0.05) is 5.56 Å². The van der Waals surface area contributed by atoms with Crippen molar-refractivity contribution in [2.45, 2.75) is 25.8 Å². The zero-order valence-corrected chi connectivity index (χ0v) is 11.7. The lowest BCUT2D eigenvalue weighted by atomic mass is 9.99. The lowest BCUT2D eigenvalue weighted by Crippen LogP contribution is -2.44. The molecule has 0 fully saturated rings. The third-order valence-corrected chi connectivity index (χ3v) is 3.06. The van der Waals surface area contributed by atoms with E-state index < -0.39 is 5.54 Å². The molecular weight excluding hydrogens is 242 g/mol. The molecule has 0 bridgehead atoms. The van der Waals surface area contributed by atoms with Gasteiger partial charge >= 0.3 is 0 Å². The molecule has 102 valence electrons. The topological polar surface area (TPSA) is 47.6 Å². The highest BCUT2D eigenvalue weighted by molar-refractivity contribution is 5.95. The van der Waals surface area contributed by atoms with Gasteiger partial charge in [0.15, 0.2) is 11.5 Å². The van der Waals surface area contributed by atoms with Crippen LogP contribution in [0.2, 0.25) is 0 Å². The second-order valence-corrected chi connectivity index (χ2v) is 4.35. The Morgan fingerprint density at radius 2 is 2.00 bits per heavy atom. The van der Waals surface area contributed by atoms with E-state index >= 15 is 0 Å². The summed E-state index contributed by atoms with van der Waals surface area (Å²) < 4.78 is 10.3. The minimum atomic E-state index is -0.649. The van der Waals surface area contributed by atoms with E-state index in [-0.39, 0.29) is 5.91 Å². The molecule has 19 heavy (non-hydrogen) atoms. The first-order valence-corrected chi connectivity index (χ1v) is 6.02. The van der Waals surface area contributed by atoms with Crippen molar-refractivity contribution in [1.82, 2.24) is 5.32 Å². The van der Waals surface area contributed by atoms with Crippen LogP contribution in [0.1, 0.15) is 30.6 Å². The molecule has 1 unspecified atom stereocenters. The zero-order valence-electron chi connectivity index (χ0n) is 11.7. The number of terminal acetylenes is 1. The van der Waals surface area contributed by atoms with Gasteiger partial charge in [-0.1, -0.05) is 12.8 Å². The van der Waals surface area contributed by atoms with Gasteiger partial charge in [0.1, 0.15) is 0 Å². The van der Waals surface area contributed by atoms with Gasteiger partial charge in [-0.05, 0) is 31.5 Å². The van der Waals surface area contributed by atoms with E-state index in [9.17, 15) is 4.79 Å². The number of ether oxygens (including phenoxy) is 2. The highest BCUT2D eigenvalue weighted by atomic mass is 16.5. The fourth-order valence-electron chi connectivity index (χ4n) is 1.53. The third-order valence-electron chi connectivity index (χ3n) is 3.06. The van der Waals surface area contributed by atoms with Crippen LogP contribution in [0, 0.1) is 12.3 Å². The van der Waals surface area contributed by atoms with E-state index in [1.165, 1.54) is 7.11 Å². The van der Waals surface area contributed by atoms with Gasteiger partial charge in [-0.15, -0.1) is 6.42 Å². The average molecular weight is 261 g/mol. The second kappa shape index (κ2) is 6.14. The van der Waals surface area contributed by atoms with E-state index in [1.807, 2.05) is 13.8 Å². The van der Waals surface area contributed by atoms with Crippen LogP contribution in [0.15, 0.2) is 18.2 Å². The Balaban J connectivity index is 2.98. The summed E-state index contributed by atoms with van der Waals surface area (Å²) in [6.45, 7) is 3.74. The number of hydrogen-bond donors (Lipinski definition) is 1. The molecule has 0 spiro atoms. The zero-order chi connectivity index (χ0) is 14.5. The minimum Gasteiger partial charge on any atom is -0.493 e. The van der Waals surface area contributed by atoms with Crippen LogP contribution in [0.3, 0.4) is 0 Å². The van der Waals surface area contributed by atoms with Crippen LogP contribution in [0.5, 0.6) is 11.5 Å². The van der Waals surface area contributed by atoms with Crippen molar-refractivity contribution in [3.05, 3.63) is 23.8 Å². The van der Waals surface area contributed by atoms with E-state index in [0.717, 1.165) is 0 Å². The van der Waals surface area contributed by atoms with Crippen molar-refractivity contribution in [1.29, 1.82) is 0 Å². The standard InChI is InChI=1S/C15H19NO3/c1-6-15(3,7-2)16-14(17)11-8-9-12(18-4)13(10-11)19-5/h1,8-10H,7H2,2-5H3,(H,16,17). The highest BCUT2D eigenvalue weighted by Gasteiger charge is 2.22. The number of methoxy groups -OCH3 is 2. The molecule has 1 rings (SSSR count). The number of nitrogens with one attached hydrogen (secondary N) is 1. The first-order valence-electron chi connectivity index (χ1n) is 6.02. The van der Waals surface area contributed by atoms with E-state index in [2.05, 4.69) is 11.2 Å². The van der Waals surface area contributed by atoms with Gasteiger partial charge in [0.2, 0.25) is 0 Å². The number of rotatable bonds is 5. The van der Waals surface area contributed by atoms with Gasteiger partial charge in [-0.3, -0.25) is 4.79 Å². The molecule has 0 aliphatic carbocycles. The molecule has 0 aliphatic heterocycles. The normalized spacial score (nSPS) is 13.0. The summed E-state index contributed by atoms with van der Waals surface area (Å²) in [6.07, 6.45) is 6.09. The smallest absolute Gasteiger partial charge is 0.252 e. The quantitative estimate of drug-likeness (QED) is 0.827. The molecule has 4 nitrogen and oxygen atoms in total. The molecule has 1 aromatic carbocycles. The number of amides is 1. The highest BCUT2D eigenvalue weighted by Crippen LogP contribution is 2.27. The fraction of sp³-hybridized carbons (Fsp3) is 0.400. The molecule has 4 heteroatoms. The lowest BCUT2D eigenvalue weighted by molar-refractivity contribution is 0.0923.